The van der Waals surface area contributed by atoms with Gasteiger partial charge in [0.2, 0.25) is 0 Å². The van der Waals surface area contributed by atoms with E-state index in [-0.39, 0.29) is 0 Å². The predicted molar refractivity (Wildman–Crippen MR) is 55.2 cm³/mol. The Labute approximate surface area is 78.2 Å². The third-order valence-corrected chi connectivity index (χ3v) is 6.14. The van der Waals surface area contributed by atoms with E-state index < -0.39 is 8.31 Å². The molecule has 0 fully saturated rings. The molecule has 0 saturated heterocycles. The fraction of sp³-hybridized carbons (Fsp3) is 0.200. The molecule has 0 nitrogen and oxygen atoms in total. The van der Waals surface area contributed by atoms with Gasteiger partial charge in [-0.25, -0.2) is 0 Å². The average Bonchev–Trinajstić information content (AvgIpc) is 2.77. The van der Waals surface area contributed by atoms with Crippen LogP contribution < -0.4 is 0 Å². The number of allylic oxidation sites excluding steroid dienone is 8. The lowest BCUT2D eigenvalue weighted by molar-refractivity contribution is 1.35. The minimum Gasteiger partial charge on any atom is -0.0809 e. The van der Waals surface area contributed by atoms with E-state index in [1.54, 1.807) is 10.4 Å². The Morgan fingerprint density at radius 1 is 1.00 bits per heavy atom. The third-order valence-electron chi connectivity index (χ3n) is 2.18. The van der Waals surface area contributed by atoms with Crippen LogP contribution in [0.2, 0.25) is 0 Å². The highest BCUT2D eigenvalue weighted by Gasteiger charge is 2.16. The molecule has 0 N–H and O–H groups in total. The van der Waals surface area contributed by atoms with Gasteiger partial charge in [0.05, 0.1) is 8.31 Å². The average molecular weight is 186 g/mol. The first-order valence-electron chi connectivity index (χ1n) is 4.18. The summed E-state index contributed by atoms with van der Waals surface area (Å²) >= 11 is 0. The summed E-state index contributed by atoms with van der Waals surface area (Å²) < 4.78 is 0. The van der Waals surface area contributed by atoms with E-state index >= 15 is 0 Å². The molecule has 58 valence electrons. The molecule has 0 amide bonds. The molecule has 0 atom stereocenters. The van der Waals surface area contributed by atoms with Gasteiger partial charge in [-0.15, -0.1) is 0 Å². The standard InChI is InChI=1S/C10H10Si2/c11-12(9-5-1-2-6-9)10-7-3-4-8-10/h1-5,7H,6,8H2. The van der Waals surface area contributed by atoms with Crippen LogP contribution in [0.1, 0.15) is 12.8 Å². The summed E-state index contributed by atoms with van der Waals surface area (Å²) in [6.07, 6.45) is 15.6. The SMILES string of the molecule is [Si][Si](C1=CC=CC1)C1=CC=CC1. The summed E-state index contributed by atoms with van der Waals surface area (Å²) in [5.41, 5.74) is 0. The van der Waals surface area contributed by atoms with Gasteiger partial charge in [0, 0.05) is 9.76 Å². The fourth-order valence-electron chi connectivity index (χ4n) is 1.47. The largest absolute Gasteiger partial charge is 0.0927 e. The zero-order valence-electron chi connectivity index (χ0n) is 6.88. The molecule has 0 aromatic rings. The Kier molecular flexibility index (Phi) is 2.28. The molecule has 0 aromatic heterocycles. The van der Waals surface area contributed by atoms with Gasteiger partial charge in [-0.2, -0.15) is 0 Å². The highest BCUT2D eigenvalue weighted by atomic mass is 29.1. The van der Waals surface area contributed by atoms with Crippen molar-refractivity contribution < 1.29 is 0 Å². The number of hydrogen-bond acceptors (Lipinski definition) is 0. The Balaban J connectivity index is 2.05. The van der Waals surface area contributed by atoms with Crippen molar-refractivity contribution in [2.45, 2.75) is 12.8 Å². The minimum absolute atomic E-state index is 0.542. The van der Waals surface area contributed by atoms with E-state index in [0.29, 0.717) is 0 Å². The first-order valence-corrected chi connectivity index (χ1v) is 7.18. The molecular weight excluding hydrogens is 176 g/mol. The van der Waals surface area contributed by atoms with Crippen LogP contribution >= 0.6 is 0 Å². The molecular formula is C10H10Si2. The molecule has 0 bridgehead atoms. The normalized spacial score (nSPS) is 20.5. The maximum Gasteiger partial charge on any atom is 0.0927 e. The molecule has 0 spiro atoms. The van der Waals surface area contributed by atoms with Crippen LogP contribution in [-0.4, -0.2) is 18.1 Å². The monoisotopic (exact) mass is 186 g/mol. The van der Waals surface area contributed by atoms with Crippen LogP contribution in [0.5, 0.6) is 0 Å². The van der Waals surface area contributed by atoms with E-state index in [1.165, 1.54) is 0 Å². The number of hydrogen-bond donors (Lipinski definition) is 0. The summed E-state index contributed by atoms with van der Waals surface area (Å²) in [5.74, 6) is 0. The van der Waals surface area contributed by atoms with Gasteiger partial charge in [-0.05, 0) is 12.8 Å². The Bertz CT molecular complexity index is 265. The molecule has 0 unspecified atom stereocenters. The van der Waals surface area contributed by atoms with Crippen molar-refractivity contribution in [1.29, 1.82) is 0 Å². The van der Waals surface area contributed by atoms with Crippen LogP contribution in [-0.2, 0) is 0 Å². The smallest absolute Gasteiger partial charge is 0.0809 e. The molecule has 4 radical (unpaired) electrons. The summed E-state index contributed by atoms with van der Waals surface area (Å²) in [7, 11) is 3.33. The highest BCUT2D eigenvalue weighted by Crippen LogP contribution is 2.21. The predicted octanol–water partition coefficient (Wildman–Crippen LogP) is 2.00. The Morgan fingerprint density at radius 2 is 1.50 bits per heavy atom. The van der Waals surface area contributed by atoms with Gasteiger partial charge >= 0.3 is 0 Å². The molecule has 0 aromatic carbocycles. The van der Waals surface area contributed by atoms with E-state index in [1.807, 2.05) is 0 Å². The van der Waals surface area contributed by atoms with Crippen molar-refractivity contribution in [3.8, 4) is 0 Å². The molecule has 2 rings (SSSR count). The summed E-state index contributed by atoms with van der Waals surface area (Å²) in [4.78, 5) is 0. The second-order valence-electron chi connectivity index (χ2n) is 3.02. The maximum absolute atomic E-state index is 3.87. The Morgan fingerprint density at radius 3 is 1.83 bits per heavy atom. The number of rotatable bonds is 2. The first-order chi connectivity index (χ1) is 5.88. The third kappa shape index (κ3) is 1.45. The van der Waals surface area contributed by atoms with Gasteiger partial charge < -0.3 is 0 Å². The van der Waals surface area contributed by atoms with Gasteiger partial charge in [0.15, 0.2) is 0 Å². The van der Waals surface area contributed by atoms with E-state index in [2.05, 4.69) is 46.2 Å². The molecule has 2 aliphatic rings. The lowest BCUT2D eigenvalue weighted by Gasteiger charge is -2.11. The van der Waals surface area contributed by atoms with Crippen molar-refractivity contribution in [3.05, 3.63) is 46.8 Å². The second-order valence-corrected chi connectivity index (χ2v) is 6.56. The van der Waals surface area contributed by atoms with Gasteiger partial charge in [-0.3, -0.25) is 0 Å². The topological polar surface area (TPSA) is 0 Å². The van der Waals surface area contributed by atoms with E-state index in [9.17, 15) is 0 Å². The van der Waals surface area contributed by atoms with Crippen LogP contribution in [0.25, 0.3) is 0 Å². The van der Waals surface area contributed by atoms with Crippen molar-refractivity contribution in [2.24, 2.45) is 0 Å². The minimum atomic E-state index is -0.542. The van der Waals surface area contributed by atoms with Crippen molar-refractivity contribution in [3.63, 3.8) is 0 Å². The lowest BCUT2D eigenvalue weighted by Crippen LogP contribution is -2.19. The van der Waals surface area contributed by atoms with Crippen LogP contribution in [0.4, 0.5) is 0 Å². The van der Waals surface area contributed by atoms with Gasteiger partial charge in [0.25, 0.3) is 0 Å². The summed E-state index contributed by atoms with van der Waals surface area (Å²) in [6.45, 7) is 0. The Hall–Kier alpha value is -0.606. The van der Waals surface area contributed by atoms with Crippen LogP contribution in [0.3, 0.4) is 0 Å². The lowest BCUT2D eigenvalue weighted by atomic mass is 10.5. The molecule has 0 aliphatic heterocycles. The van der Waals surface area contributed by atoms with E-state index in [4.69, 9.17) is 0 Å². The molecule has 2 heteroatoms. The van der Waals surface area contributed by atoms with Crippen molar-refractivity contribution in [1.82, 2.24) is 0 Å². The second kappa shape index (κ2) is 3.41. The zero-order chi connectivity index (χ0) is 8.39. The molecule has 0 heterocycles. The van der Waals surface area contributed by atoms with Crippen molar-refractivity contribution >= 4 is 18.1 Å². The van der Waals surface area contributed by atoms with E-state index in [0.717, 1.165) is 12.8 Å². The van der Waals surface area contributed by atoms with Gasteiger partial charge in [-0.1, -0.05) is 46.8 Å². The molecule has 2 aliphatic carbocycles. The molecule has 0 saturated carbocycles. The maximum atomic E-state index is 3.87. The summed E-state index contributed by atoms with van der Waals surface area (Å²) in [5, 5.41) is 3.15. The van der Waals surface area contributed by atoms with Gasteiger partial charge in [0.1, 0.15) is 0 Å². The first kappa shape index (κ1) is 8.01. The highest BCUT2D eigenvalue weighted by molar-refractivity contribution is 7.11. The molecule has 12 heavy (non-hydrogen) atoms. The quantitative estimate of drug-likeness (QED) is 0.579. The van der Waals surface area contributed by atoms with Crippen molar-refractivity contribution in [2.75, 3.05) is 0 Å². The fourth-order valence-corrected chi connectivity index (χ4v) is 4.17. The van der Waals surface area contributed by atoms with Crippen LogP contribution in [0, 0.1) is 0 Å². The summed E-state index contributed by atoms with van der Waals surface area (Å²) in [6, 6.07) is 0. The van der Waals surface area contributed by atoms with Crippen LogP contribution in [0.15, 0.2) is 46.8 Å². The zero-order valence-corrected chi connectivity index (χ0v) is 8.88.